The maximum atomic E-state index is 13.9. The molecular weight excluding hydrogens is 411 g/mol. The molecule has 170 valence electrons. The van der Waals surface area contributed by atoms with Crippen LogP contribution in [0.25, 0.3) is 0 Å². The molecule has 4 rings (SSSR count). The first-order valence-corrected chi connectivity index (χ1v) is 10.9. The molecule has 2 aliphatic rings. The smallest absolute Gasteiger partial charge is 0.408 e. The van der Waals surface area contributed by atoms with E-state index in [4.69, 9.17) is 4.74 Å². The molecule has 2 N–H and O–H groups in total. The summed E-state index contributed by atoms with van der Waals surface area (Å²) in [5.41, 5.74) is -1.09. The zero-order valence-electron chi connectivity index (χ0n) is 18.7. The summed E-state index contributed by atoms with van der Waals surface area (Å²) in [5.74, 6) is 0.0316. The van der Waals surface area contributed by atoms with Crippen molar-refractivity contribution >= 4 is 12.0 Å². The summed E-state index contributed by atoms with van der Waals surface area (Å²) in [6, 6.07) is 13.7. The number of rotatable bonds is 4. The van der Waals surface area contributed by atoms with Gasteiger partial charge in [-0.05, 0) is 48.4 Å². The van der Waals surface area contributed by atoms with Gasteiger partial charge in [0.15, 0.2) is 0 Å². The van der Waals surface area contributed by atoms with E-state index >= 15 is 0 Å². The lowest BCUT2D eigenvalue weighted by Crippen LogP contribution is -2.62. The summed E-state index contributed by atoms with van der Waals surface area (Å²) in [6.07, 6.45) is 0.411. The van der Waals surface area contributed by atoms with Gasteiger partial charge in [0.05, 0.1) is 5.54 Å². The Morgan fingerprint density at radius 2 is 1.81 bits per heavy atom. The number of ether oxygens (including phenoxy) is 1. The number of nitrogens with one attached hydrogen (secondary N) is 1. The van der Waals surface area contributed by atoms with Crippen molar-refractivity contribution in [2.24, 2.45) is 5.41 Å². The van der Waals surface area contributed by atoms with Gasteiger partial charge in [0.1, 0.15) is 23.7 Å². The van der Waals surface area contributed by atoms with Crippen LogP contribution in [0.5, 0.6) is 5.75 Å². The van der Waals surface area contributed by atoms with Crippen LogP contribution >= 0.6 is 0 Å². The molecule has 0 saturated carbocycles. The molecule has 32 heavy (non-hydrogen) atoms. The van der Waals surface area contributed by atoms with E-state index in [0.717, 1.165) is 5.56 Å². The van der Waals surface area contributed by atoms with Crippen molar-refractivity contribution in [3.63, 3.8) is 0 Å². The summed E-state index contributed by atoms with van der Waals surface area (Å²) < 4.78 is 19.6. The van der Waals surface area contributed by atoms with E-state index in [9.17, 15) is 19.1 Å². The van der Waals surface area contributed by atoms with Gasteiger partial charge < -0.3 is 15.2 Å². The second kappa shape index (κ2) is 7.80. The number of benzene rings is 2. The largest absolute Gasteiger partial charge is 0.489 e. The van der Waals surface area contributed by atoms with E-state index in [-0.39, 0.29) is 18.3 Å². The fourth-order valence-electron chi connectivity index (χ4n) is 5.46. The van der Waals surface area contributed by atoms with Gasteiger partial charge in [0, 0.05) is 12.1 Å². The Bertz CT molecular complexity index is 1030. The topological polar surface area (TPSA) is 78.9 Å². The normalized spacial score (nSPS) is 25.2. The molecule has 2 aliphatic heterocycles. The number of nitrogens with zero attached hydrogens (tertiary/aromatic N) is 1. The quantitative estimate of drug-likeness (QED) is 0.724. The third-order valence-electron chi connectivity index (χ3n) is 7.07. The standard InChI is InChI=1S/C25H29FN2O4/c1-23(2,3)25(13-12-24(28(25)22(30)31)14-15-27-21(24)29)18-8-10-19(11-9-18)32-16-17-6-4-5-7-20(17)26/h4-11H,12-16H2,1-3H3,(H,27,29)(H,30,31)/t24-,25+/m1/s1. The molecule has 0 bridgehead atoms. The molecule has 7 heteroatoms. The first kappa shape index (κ1) is 22.1. The SMILES string of the molecule is CC(C)(C)[C@@]1(c2ccc(OCc3ccccc3F)cc2)CC[C@]2(CCNC2=O)N1C(=O)O. The second-order valence-corrected chi connectivity index (χ2v) is 9.67. The van der Waals surface area contributed by atoms with Crippen molar-refractivity contribution < 1.29 is 23.8 Å². The Morgan fingerprint density at radius 3 is 2.38 bits per heavy atom. The lowest BCUT2D eigenvalue weighted by Gasteiger charge is -2.50. The maximum Gasteiger partial charge on any atom is 0.408 e. The molecule has 6 nitrogen and oxygen atoms in total. The van der Waals surface area contributed by atoms with Crippen LogP contribution in [0.3, 0.4) is 0 Å². The van der Waals surface area contributed by atoms with E-state index in [0.29, 0.717) is 37.1 Å². The predicted molar refractivity (Wildman–Crippen MR) is 118 cm³/mol. The molecular formula is C25H29FN2O4. The highest BCUT2D eigenvalue weighted by Gasteiger charge is 2.66. The zero-order valence-corrected chi connectivity index (χ0v) is 18.7. The minimum Gasteiger partial charge on any atom is -0.489 e. The highest BCUT2D eigenvalue weighted by molar-refractivity contribution is 5.92. The predicted octanol–water partition coefficient (Wildman–Crippen LogP) is 4.68. The number of carbonyl (C=O) groups excluding carboxylic acids is 1. The van der Waals surface area contributed by atoms with Crippen LogP contribution in [-0.4, -0.2) is 34.1 Å². The Kier molecular flexibility index (Phi) is 5.39. The molecule has 0 aliphatic carbocycles. The number of amides is 2. The minimum atomic E-state index is -1.09. The molecule has 2 heterocycles. The Hall–Kier alpha value is -3.09. The van der Waals surface area contributed by atoms with E-state index in [1.807, 2.05) is 32.9 Å². The summed E-state index contributed by atoms with van der Waals surface area (Å²) in [4.78, 5) is 26.8. The number of hydrogen-bond donors (Lipinski definition) is 2. The number of halogens is 1. The van der Waals surface area contributed by atoms with Crippen molar-refractivity contribution in [2.45, 2.75) is 57.7 Å². The fourth-order valence-corrected chi connectivity index (χ4v) is 5.46. The number of carbonyl (C=O) groups is 2. The lowest BCUT2D eigenvalue weighted by molar-refractivity contribution is -0.131. The Morgan fingerprint density at radius 1 is 1.12 bits per heavy atom. The monoisotopic (exact) mass is 440 g/mol. The first-order valence-electron chi connectivity index (χ1n) is 10.9. The van der Waals surface area contributed by atoms with Crippen molar-refractivity contribution in [2.75, 3.05) is 6.54 Å². The minimum absolute atomic E-state index is 0.0982. The van der Waals surface area contributed by atoms with E-state index in [2.05, 4.69) is 5.32 Å². The van der Waals surface area contributed by atoms with Gasteiger partial charge in [-0.25, -0.2) is 9.18 Å². The zero-order chi connectivity index (χ0) is 23.1. The molecule has 2 aromatic carbocycles. The molecule has 0 unspecified atom stereocenters. The van der Waals surface area contributed by atoms with Crippen LogP contribution in [0.15, 0.2) is 48.5 Å². The van der Waals surface area contributed by atoms with E-state index in [1.54, 1.807) is 30.3 Å². The maximum absolute atomic E-state index is 13.9. The van der Waals surface area contributed by atoms with Crippen LogP contribution in [0.4, 0.5) is 9.18 Å². The molecule has 1 spiro atoms. The molecule has 2 atom stereocenters. The summed E-state index contributed by atoms with van der Waals surface area (Å²) in [7, 11) is 0. The number of carboxylic acid groups (broad SMARTS) is 1. The van der Waals surface area contributed by atoms with Crippen molar-refractivity contribution in [1.82, 2.24) is 10.2 Å². The highest BCUT2D eigenvalue weighted by atomic mass is 19.1. The third-order valence-corrected chi connectivity index (χ3v) is 7.07. The third kappa shape index (κ3) is 3.31. The first-order chi connectivity index (χ1) is 15.1. The van der Waals surface area contributed by atoms with Crippen LogP contribution in [0.1, 0.15) is 51.2 Å². The van der Waals surface area contributed by atoms with E-state index in [1.165, 1.54) is 11.0 Å². The lowest BCUT2D eigenvalue weighted by atomic mass is 9.67. The van der Waals surface area contributed by atoms with Gasteiger partial charge in [-0.2, -0.15) is 0 Å². The van der Waals surface area contributed by atoms with Crippen LogP contribution in [0, 0.1) is 11.2 Å². The van der Waals surface area contributed by atoms with Crippen molar-refractivity contribution in [1.29, 1.82) is 0 Å². The summed E-state index contributed by atoms with van der Waals surface area (Å²) in [5, 5.41) is 13.1. The Labute approximate surface area is 187 Å². The van der Waals surface area contributed by atoms with Crippen molar-refractivity contribution in [3.05, 3.63) is 65.5 Å². The summed E-state index contributed by atoms with van der Waals surface area (Å²) in [6.45, 7) is 6.61. The summed E-state index contributed by atoms with van der Waals surface area (Å²) >= 11 is 0. The van der Waals surface area contributed by atoms with Crippen LogP contribution in [-0.2, 0) is 16.9 Å². The van der Waals surface area contributed by atoms with E-state index < -0.39 is 22.6 Å². The molecule has 0 radical (unpaired) electrons. The molecule has 2 aromatic rings. The van der Waals surface area contributed by atoms with Gasteiger partial charge in [-0.15, -0.1) is 0 Å². The molecule has 2 amide bonds. The van der Waals surface area contributed by atoms with Gasteiger partial charge in [0.25, 0.3) is 0 Å². The average Bonchev–Trinajstić information content (AvgIpc) is 3.29. The van der Waals surface area contributed by atoms with Gasteiger partial charge >= 0.3 is 6.09 Å². The van der Waals surface area contributed by atoms with Crippen LogP contribution < -0.4 is 10.1 Å². The van der Waals surface area contributed by atoms with Crippen molar-refractivity contribution in [3.8, 4) is 5.75 Å². The number of likely N-dealkylation sites (tertiary alicyclic amines) is 1. The van der Waals surface area contributed by atoms with Gasteiger partial charge in [-0.3, -0.25) is 9.69 Å². The molecule has 0 aromatic heterocycles. The van der Waals surface area contributed by atoms with Gasteiger partial charge in [0.2, 0.25) is 5.91 Å². The second-order valence-electron chi connectivity index (χ2n) is 9.67. The molecule has 2 saturated heterocycles. The highest BCUT2D eigenvalue weighted by Crippen LogP contribution is 2.58. The van der Waals surface area contributed by atoms with Gasteiger partial charge in [-0.1, -0.05) is 51.1 Å². The fraction of sp³-hybridized carbons (Fsp3) is 0.440. The van der Waals surface area contributed by atoms with Crippen LogP contribution in [0.2, 0.25) is 0 Å². The average molecular weight is 441 g/mol. The number of hydrogen-bond acceptors (Lipinski definition) is 3. The Balaban J connectivity index is 1.68. The molecule has 2 fully saturated rings.